The van der Waals surface area contributed by atoms with Crippen molar-refractivity contribution in [1.29, 1.82) is 0 Å². The van der Waals surface area contributed by atoms with Gasteiger partial charge in [0.2, 0.25) is 23.5 Å². The molecule has 60 heavy (non-hydrogen) atoms. The largest absolute Gasteiger partial charge is 0.493 e. The van der Waals surface area contributed by atoms with Crippen molar-refractivity contribution in [1.82, 2.24) is 29.7 Å². The average molecular weight is 823 g/mol. The summed E-state index contributed by atoms with van der Waals surface area (Å²) in [5, 5.41) is 5.41. The number of amides is 5. The molecular formula is C43H46N6O11. The Morgan fingerprint density at radius 2 is 1.63 bits per heavy atom. The summed E-state index contributed by atoms with van der Waals surface area (Å²) in [6, 6.07) is 9.18. The molecule has 5 amide bonds. The number of aryl methyl sites for hydroxylation is 1. The van der Waals surface area contributed by atoms with Crippen LogP contribution in [0.15, 0.2) is 59.8 Å². The molecule has 1 N–H and O–H groups in total. The second kappa shape index (κ2) is 16.7. The van der Waals surface area contributed by atoms with Crippen molar-refractivity contribution < 1.29 is 47.8 Å². The van der Waals surface area contributed by atoms with E-state index in [4.69, 9.17) is 23.8 Å². The number of likely N-dealkylation sites (tertiary alicyclic amines) is 1. The molecule has 0 radical (unpaired) electrons. The Bertz CT molecular complexity index is 2420. The van der Waals surface area contributed by atoms with Gasteiger partial charge in [-0.15, -0.1) is 5.06 Å². The van der Waals surface area contributed by atoms with Crippen LogP contribution in [0.25, 0.3) is 21.9 Å². The number of fused-ring (bicyclic) bond motifs is 2. The summed E-state index contributed by atoms with van der Waals surface area (Å²) in [4.78, 5) is 89.7. The molecule has 3 fully saturated rings. The maximum absolute atomic E-state index is 13.3. The Morgan fingerprint density at radius 1 is 0.883 bits per heavy atom. The van der Waals surface area contributed by atoms with Crippen molar-refractivity contribution >= 4 is 40.3 Å². The van der Waals surface area contributed by atoms with E-state index in [1.807, 2.05) is 28.2 Å². The van der Waals surface area contributed by atoms with Gasteiger partial charge in [0.25, 0.3) is 17.4 Å². The van der Waals surface area contributed by atoms with E-state index >= 15 is 0 Å². The molecule has 8 rings (SSSR count). The first-order valence-electron chi connectivity index (χ1n) is 20.0. The van der Waals surface area contributed by atoms with Gasteiger partial charge in [-0.1, -0.05) is 6.07 Å². The molecule has 4 aromatic rings. The number of hydroxylamine groups is 2. The number of hydrogen-bond acceptors (Lipinski definition) is 13. The minimum Gasteiger partial charge on any atom is -0.493 e. The molecule has 2 aromatic carbocycles. The summed E-state index contributed by atoms with van der Waals surface area (Å²) >= 11 is 0. The number of carbonyl (C=O) groups excluding carboxylic acids is 5. The number of methoxy groups -OCH3 is 2. The number of pyridine rings is 2. The van der Waals surface area contributed by atoms with Crippen molar-refractivity contribution in [3.8, 4) is 34.1 Å². The third-order valence-corrected chi connectivity index (χ3v) is 11.9. The molecule has 6 heterocycles. The number of aromatic nitrogens is 2. The second-order valence-electron chi connectivity index (χ2n) is 15.5. The molecule has 1 unspecified atom stereocenters. The lowest BCUT2D eigenvalue weighted by atomic mass is 9.78. The van der Waals surface area contributed by atoms with Gasteiger partial charge < -0.3 is 33.3 Å². The third kappa shape index (κ3) is 7.65. The molecule has 3 saturated heterocycles. The Balaban J connectivity index is 0.802. The van der Waals surface area contributed by atoms with E-state index in [0.29, 0.717) is 48.8 Å². The maximum atomic E-state index is 13.3. The van der Waals surface area contributed by atoms with Crippen LogP contribution in [0.2, 0.25) is 0 Å². The normalized spacial score (nSPS) is 18.9. The van der Waals surface area contributed by atoms with Crippen LogP contribution in [0, 0.1) is 5.41 Å². The fraction of sp³-hybridized carbons (Fsp3) is 0.419. The highest BCUT2D eigenvalue weighted by atomic mass is 16.7. The van der Waals surface area contributed by atoms with Crippen molar-refractivity contribution in [2.24, 2.45) is 12.5 Å². The van der Waals surface area contributed by atoms with Gasteiger partial charge in [-0.2, -0.15) is 0 Å². The van der Waals surface area contributed by atoms with Gasteiger partial charge in [-0.3, -0.25) is 44.0 Å². The van der Waals surface area contributed by atoms with E-state index in [1.54, 1.807) is 52.0 Å². The Hall–Kier alpha value is -6.33. The van der Waals surface area contributed by atoms with Crippen LogP contribution in [-0.4, -0.2) is 120 Å². The number of piperidine rings is 2. The number of ether oxygens (including phenoxy) is 4. The summed E-state index contributed by atoms with van der Waals surface area (Å²) in [7, 11) is 4.87. The molecule has 2 aromatic heterocycles. The zero-order chi connectivity index (χ0) is 42.1. The van der Waals surface area contributed by atoms with Gasteiger partial charge in [0, 0.05) is 63.8 Å². The van der Waals surface area contributed by atoms with E-state index in [-0.39, 0.29) is 72.8 Å². The van der Waals surface area contributed by atoms with Crippen molar-refractivity contribution in [3.05, 3.63) is 76.5 Å². The average Bonchev–Trinajstić information content (AvgIpc) is 3.76. The van der Waals surface area contributed by atoms with Gasteiger partial charge in [0.15, 0.2) is 11.5 Å². The van der Waals surface area contributed by atoms with Gasteiger partial charge in [-0.05, 0) is 72.4 Å². The predicted octanol–water partition coefficient (Wildman–Crippen LogP) is 3.11. The maximum Gasteiger partial charge on any atom is 0.266 e. The van der Waals surface area contributed by atoms with Crippen molar-refractivity contribution in [2.45, 2.75) is 44.6 Å². The number of nitrogens with zero attached hydrogens (tertiary/aromatic N) is 5. The van der Waals surface area contributed by atoms with Crippen molar-refractivity contribution in [3.63, 3.8) is 0 Å². The lowest BCUT2D eigenvalue weighted by molar-refractivity contribution is -0.137. The molecule has 0 saturated carbocycles. The minimum absolute atomic E-state index is 0.00465. The Kier molecular flexibility index (Phi) is 11.3. The molecule has 314 valence electrons. The van der Waals surface area contributed by atoms with E-state index < -0.39 is 29.7 Å². The molecule has 4 aliphatic heterocycles. The lowest BCUT2D eigenvalue weighted by Gasteiger charge is -2.39. The SMILES string of the molecule is COc1cc(-c2cn(C)c(=O)c3cnccc23)cc(OC)c1ON1CCC2(CCN(C(=O)CCOCCOc3cccc4c3C(=O)N(C3CCC(=O)NC3=O)C4=O)CC2)C1. The van der Waals surface area contributed by atoms with Crippen molar-refractivity contribution in [2.75, 3.05) is 60.2 Å². The zero-order valence-electron chi connectivity index (χ0n) is 33.7. The first-order chi connectivity index (χ1) is 29.0. The highest BCUT2D eigenvalue weighted by Gasteiger charge is 2.46. The van der Waals surface area contributed by atoms with Gasteiger partial charge in [0.05, 0.1) is 50.4 Å². The third-order valence-electron chi connectivity index (χ3n) is 11.9. The van der Waals surface area contributed by atoms with Crippen LogP contribution in [-0.2, 0) is 26.2 Å². The topological polar surface area (TPSA) is 188 Å². The quantitative estimate of drug-likeness (QED) is 0.153. The lowest BCUT2D eigenvalue weighted by Crippen LogP contribution is -2.54. The van der Waals surface area contributed by atoms with Gasteiger partial charge in [0.1, 0.15) is 18.4 Å². The number of carbonyl (C=O) groups is 5. The standard InChI is InChI=1S/C43H46N6O11/c1-46-24-30(27-9-14-44-23-29(27)40(46)53)26-21-33(56-2)38(34(22-26)57-3)60-48-17-13-43(25-48)11-15-47(16-12-43)36(51)10-18-58-19-20-59-32-6-4-5-28-37(32)42(55)49(41(28)54)31-7-8-35(50)45-39(31)52/h4-6,9,14,21-24,31H,7-8,10-13,15-20,25H2,1-3H3,(H,45,50,52). The van der Waals surface area contributed by atoms with Crippen LogP contribution < -0.4 is 29.9 Å². The van der Waals surface area contributed by atoms with E-state index in [2.05, 4.69) is 10.3 Å². The fourth-order valence-electron chi connectivity index (χ4n) is 8.64. The molecule has 0 bridgehead atoms. The number of imide groups is 2. The number of rotatable bonds is 13. The first kappa shape index (κ1) is 40.4. The Labute approximate surface area is 345 Å². The summed E-state index contributed by atoms with van der Waals surface area (Å²) in [6.45, 7) is 3.05. The molecule has 1 spiro atoms. The van der Waals surface area contributed by atoms with E-state index in [9.17, 15) is 28.8 Å². The number of nitrogens with one attached hydrogen (secondary N) is 1. The second-order valence-corrected chi connectivity index (χ2v) is 15.5. The van der Waals surface area contributed by atoms with E-state index in [0.717, 1.165) is 40.7 Å². The molecule has 17 nitrogen and oxygen atoms in total. The molecule has 1 atom stereocenters. The monoisotopic (exact) mass is 822 g/mol. The van der Waals surface area contributed by atoms with Crippen LogP contribution in [0.1, 0.15) is 59.2 Å². The van der Waals surface area contributed by atoms with E-state index in [1.165, 1.54) is 10.6 Å². The highest BCUT2D eigenvalue weighted by molar-refractivity contribution is 6.24. The molecular weight excluding hydrogens is 777 g/mol. The summed E-state index contributed by atoms with van der Waals surface area (Å²) < 4.78 is 24.7. The molecule has 0 aliphatic carbocycles. The molecule has 17 heteroatoms. The van der Waals surface area contributed by atoms with Crippen LogP contribution >= 0.6 is 0 Å². The van der Waals surface area contributed by atoms with Crippen LogP contribution in [0.5, 0.6) is 23.0 Å². The van der Waals surface area contributed by atoms with Crippen LogP contribution in [0.3, 0.4) is 0 Å². The number of benzene rings is 2. The minimum atomic E-state index is -1.07. The number of hydrogen-bond donors (Lipinski definition) is 1. The zero-order valence-corrected chi connectivity index (χ0v) is 33.7. The van der Waals surface area contributed by atoms with Gasteiger partial charge >= 0.3 is 0 Å². The fourth-order valence-corrected chi connectivity index (χ4v) is 8.64. The van der Waals surface area contributed by atoms with Gasteiger partial charge in [-0.25, -0.2) is 0 Å². The summed E-state index contributed by atoms with van der Waals surface area (Å²) in [5.41, 5.74) is 1.69. The smallest absolute Gasteiger partial charge is 0.266 e. The first-order valence-corrected chi connectivity index (χ1v) is 20.0. The predicted molar refractivity (Wildman–Crippen MR) is 215 cm³/mol. The van der Waals surface area contributed by atoms with Crippen LogP contribution in [0.4, 0.5) is 0 Å². The summed E-state index contributed by atoms with van der Waals surface area (Å²) in [5.74, 6) is -0.736. The highest BCUT2D eigenvalue weighted by Crippen LogP contribution is 2.46. The Morgan fingerprint density at radius 3 is 2.37 bits per heavy atom. The molecule has 4 aliphatic rings. The summed E-state index contributed by atoms with van der Waals surface area (Å²) in [6.07, 6.45) is 7.90.